The Hall–Kier alpha value is -0.830. The number of carbonyl (C=O) groups is 1. The highest BCUT2D eigenvalue weighted by Crippen LogP contribution is 2.07. The third kappa shape index (κ3) is 3.53. The van der Waals surface area contributed by atoms with Gasteiger partial charge in [0.05, 0.1) is 0 Å². The minimum absolute atomic E-state index is 0.0152. The number of nitrogens with one attached hydrogen (secondary N) is 1. The third-order valence-corrected chi connectivity index (χ3v) is 2.09. The second-order valence-corrected chi connectivity index (χ2v) is 3.63. The highest BCUT2D eigenvalue weighted by Gasteiger charge is 2.20. The Labute approximate surface area is 74.4 Å². The first-order valence-electron chi connectivity index (χ1n) is 3.98. The fourth-order valence-corrected chi connectivity index (χ4v) is 0.534. The van der Waals surface area contributed by atoms with Gasteiger partial charge >= 0.3 is 0 Å². The van der Waals surface area contributed by atoms with Gasteiger partial charge in [-0.2, -0.15) is 0 Å². The number of rotatable bonds is 4. The van der Waals surface area contributed by atoms with Gasteiger partial charge in [0.2, 0.25) is 5.91 Å². The van der Waals surface area contributed by atoms with Crippen molar-refractivity contribution in [3.63, 3.8) is 0 Å². The van der Waals surface area contributed by atoms with Crippen molar-refractivity contribution < 1.29 is 4.79 Å². The van der Waals surface area contributed by atoms with Gasteiger partial charge in [-0.15, -0.1) is 0 Å². The molecular formula is C9H18N2O. The minimum Gasteiger partial charge on any atom is -0.351 e. The maximum Gasteiger partial charge on any atom is 0.243 e. The van der Waals surface area contributed by atoms with E-state index in [9.17, 15) is 4.79 Å². The van der Waals surface area contributed by atoms with E-state index in [0.717, 1.165) is 0 Å². The zero-order chi connectivity index (χ0) is 9.78. The molecule has 0 saturated heterocycles. The molecule has 3 heteroatoms. The third-order valence-electron chi connectivity index (χ3n) is 2.09. The summed E-state index contributed by atoms with van der Waals surface area (Å²) in [7, 11) is 3.97. The lowest BCUT2D eigenvalue weighted by Crippen LogP contribution is -2.47. The number of hydrogen-bond acceptors (Lipinski definition) is 2. The maximum atomic E-state index is 10.8. The molecule has 70 valence electrons. The average molecular weight is 170 g/mol. The molecule has 0 aromatic carbocycles. The van der Waals surface area contributed by atoms with Crippen molar-refractivity contribution in [1.82, 2.24) is 10.2 Å². The number of nitrogens with zero attached hydrogens (tertiary/aromatic N) is 1. The molecule has 0 aliphatic rings. The van der Waals surface area contributed by atoms with Crippen LogP contribution in [-0.2, 0) is 4.79 Å². The first kappa shape index (κ1) is 11.2. The van der Waals surface area contributed by atoms with Gasteiger partial charge < -0.3 is 10.2 Å². The first-order valence-corrected chi connectivity index (χ1v) is 3.98. The second kappa shape index (κ2) is 4.26. The summed E-state index contributed by atoms with van der Waals surface area (Å²) in [4.78, 5) is 12.9. The van der Waals surface area contributed by atoms with E-state index >= 15 is 0 Å². The zero-order valence-corrected chi connectivity index (χ0v) is 8.35. The van der Waals surface area contributed by atoms with Crippen LogP contribution in [0.2, 0.25) is 0 Å². The topological polar surface area (TPSA) is 32.3 Å². The molecule has 0 saturated carbocycles. The monoisotopic (exact) mass is 170 g/mol. The minimum atomic E-state index is -0.120. The number of hydrogen-bond donors (Lipinski definition) is 1. The van der Waals surface area contributed by atoms with E-state index in [-0.39, 0.29) is 11.4 Å². The Bertz CT molecular complexity index is 173. The Morgan fingerprint density at radius 2 is 2.08 bits per heavy atom. The van der Waals surface area contributed by atoms with Crippen molar-refractivity contribution in [2.24, 2.45) is 0 Å². The standard InChI is InChI=1S/C9H18N2O/c1-6-8(12)10-7-9(2,3)11(4)5/h6H,1,7H2,2-5H3,(H,10,12). The van der Waals surface area contributed by atoms with Crippen LogP contribution < -0.4 is 5.32 Å². The molecule has 0 heterocycles. The molecule has 0 aromatic rings. The maximum absolute atomic E-state index is 10.8. The second-order valence-electron chi connectivity index (χ2n) is 3.63. The molecule has 0 fully saturated rings. The van der Waals surface area contributed by atoms with Gasteiger partial charge in [-0.25, -0.2) is 0 Å². The number of carbonyl (C=O) groups excluding carboxylic acids is 1. The van der Waals surface area contributed by atoms with Crippen LogP contribution >= 0.6 is 0 Å². The van der Waals surface area contributed by atoms with Crippen molar-refractivity contribution >= 4 is 5.91 Å². The first-order chi connectivity index (χ1) is 5.40. The van der Waals surface area contributed by atoms with Gasteiger partial charge in [0.1, 0.15) is 0 Å². The van der Waals surface area contributed by atoms with Crippen LogP contribution in [-0.4, -0.2) is 37.0 Å². The predicted molar refractivity (Wildman–Crippen MR) is 51.0 cm³/mol. The lowest BCUT2D eigenvalue weighted by Gasteiger charge is -2.32. The summed E-state index contributed by atoms with van der Waals surface area (Å²) in [6.45, 7) is 8.14. The highest BCUT2D eigenvalue weighted by molar-refractivity contribution is 5.86. The largest absolute Gasteiger partial charge is 0.351 e. The summed E-state index contributed by atoms with van der Waals surface area (Å²) in [5.74, 6) is -0.120. The van der Waals surface area contributed by atoms with Gasteiger partial charge in [0, 0.05) is 12.1 Å². The van der Waals surface area contributed by atoms with Crippen LogP contribution in [0, 0.1) is 0 Å². The smallest absolute Gasteiger partial charge is 0.243 e. The van der Waals surface area contributed by atoms with Gasteiger partial charge in [0.25, 0.3) is 0 Å². The molecule has 0 unspecified atom stereocenters. The number of amides is 1. The summed E-state index contributed by atoms with van der Waals surface area (Å²) in [5.41, 5.74) is -0.0152. The molecule has 0 aliphatic carbocycles. The Kier molecular flexibility index (Phi) is 3.96. The van der Waals surface area contributed by atoms with Crippen molar-refractivity contribution in [2.45, 2.75) is 19.4 Å². The SMILES string of the molecule is C=CC(=O)NCC(C)(C)N(C)C. The normalized spacial score (nSPS) is 11.4. The van der Waals surface area contributed by atoms with Gasteiger partial charge in [0.15, 0.2) is 0 Å². The van der Waals surface area contributed by atoms with Crippen LogP contribution in [0.5, 0.6) is 0 Å². The fourth-order valence-electron chi connectivity index (χ4n) is 0.534. The van der Waals surface area contributed by atoms with E-state index in [1.807, 2.05) is 14.1 Å². The zero-order valence-electron chi connectivity index (χ0n) is 8.35. The van der Waals surface area contributed by atoms with E-state index < -0.39 is 0 Å². The molecule has 0 radical (unpaired) electrons. The fraction of sp³-hybridized carbons (Fsp3) is 0.667. The molecule has 0 aromatic heterocycles. The molecule has 0 aliphatic heterocycles. The highest BCUT2D eigenvalue weighted by atomic mass is 16.1. The molecule has 3 nitrogen and oxygen atoms in total. The van der Waals surface area contributed by atoms with Crippen molar-refractivity contribution in [1.29, 1.82) is 0 Å². The Morgan fingerprint density at radius 1 is 1.58 bits per heavy atom. The molecule has 0 bridgehead atoms. The van der Waals surface area contributed by atoms with Crippen LogP contribution in [0.1, 0.15) is 13.8 Å². The number of likely N-dealkylation sites (N-methyl/N-ethyl adjacent to an activating group) is 1. The lowest BCUT2D eigenvalue weighted by molar-refractivity contribution is -0.116. The van der Waals surface area contributed by atoms with Crippen LogP contribution in [0.3, 0.4) is 0 Å². The van der Waals surface area contributed by atoms with Gasteiger partial charge in [-0.3, -0.25) is 4.79 Å². The van der Waals surface area contributed by atoms with Crippen molar-refractivity contribution in [3.8, 4) is 0 Å². The van der Waals surface area contributed by atoms with Crippen molar-refractivity contribution in [2.75, 3.05) is 20.6 Å². The molecule has 0 spiro atoms. The van der Waals surface area contributed by atoms with E-state index in [1.54, 1.807) is 0 Å². The van der Waals surface area contributed by atoms with E-state index in [4.69, 9.17) is 0 Å². The molecule has 1 amide bonds. The van der Waals surface area contributed by atoms with Crippen LogP contribution in [0.25, 0.3) is 0 Å². The summed E-state index contributed by atoms with van der Waals surface area (Å²) in [6, 6.07) is 0. The molecule has 0 rings (SSSR count). The van der Waals surface area contributed by atoms with Crippen LogP contribution in [0.15, 0.2) is 12.7 Å². The van der Waals surface area contributed by atoms with E-state index in [1.165, 1.54) is 6.08 Å². The predicted octanol–water partition coefficient (Wildman–Crippen LogP) is 0.629. The lowest BCUT2D eigenvalue weighted by atomic mass is 10.0. The Balaban J connectivity index is 3.91. The summed E-state index contributed by atoms with van der Waals surface area (Å²) in [6.07, 6.45) is 1.28. The van der Waals surface area contributed by atoms with Crippen molar-refractivity contribution in [3.05, 3.63) is 12.7 Å². The molecule has 12 heavy (non-hydrogen) atoms. The molecule has 1 N–H and O–H groups in total. The van der Waals surface area contributed by atoms with E-state index in [0.29, 0.717) is 6.54 Å². The van der Waals surface area contributed by atoms with Crippen LogP contribution in [0.4, 0.5) is 0 Å². The summed E-state index contributed by atoms with van der Waals surface area (Å²) in [5, 5.41) is 2.76. The van der Waals surface area contributed by atoms with E-state index in [2.05, 4.69) is 30.6 Å². The molecular weight excluding hydrogens is 152 g/mol. The average Bonchev–Trinajstić information content (AvgIpc) is 2.00. The molecule has 0 atom stereocenters. The van der Waals surface area contributed by atoms with Gasteiger partial charge in [-0.05, 0) is 34.0 Å². The summed E-state index contributed by atoms with van der Waals surface area (Å²) >= 11 is 0. The quantitative estimate of drug-likeness (QED) is 0.628. The Morgan fingerprint density at radius 3 is 2.42 bits per heavy atom. The summed E-state index contributed by atoms with van der Waals surface area (Å²) < 4.78 is 0. The van der Waals surface area contributed by atoms with Gasteiger partial charge in [-0.1, -0.05) is 6.58 Å².